The fourth-order valence-electron chi connectivity index (χ4n) is 3.68. The largest absolute Gasteiger partial charge is 0.508 e. The number of nitrogens with zero attached hydrogens (tertiary/aromatic N) is 1. The van der Waals surface area contributed by atoms with Crippen LogP contribution in [0.2, 0.25) is 0 Å². The Morgan fingerprint density at radius 3 is 2.28 bits per heavy atom. The zero-order valence-corrected chi connectivity index (χ0v) is 14.9. The van der Waals surface area contributed by atoms with E-state index in [0.29, 0.717) is 12.8 Å². The molecule has 1 aliphatic heterocycles. The van der Waals surface area contributed by atoms with Gasteiger partial charge in [-0.15, -0.1) is 0 Å². The zero-order valence-electron chi connectivity index (χ0n) is 14.9. The highest BCUT2D eigenvalue weighted by Gasteiger charge is 2.36. The summed E-state index contributed by atoms with van der Waals surface area (Å²) in [7, 11) is 0. The van der Waals surface area contributed by atoms with E-state index in [1.54, 1.807) is 12.1 Å². The van der Waals surface area contributed by atoms with Crippen LogP contribution < -0.4 is 0 Å². The van der Waals surface area contributed by atoms with Crippen LogP contribution in [0.15, 0.2) is 48.5 Å². The molecule has 4 heteroatoms. The number of hydrogen-bond donors (Lipinski definition) is 3. The maximum Gasteiger partial charge on any atom is 0.118 e. The van der Waals surface area contributed by atoms with Crippen molar-refractivity contribution in [3.05, 3.63) is 65.2 Å². The Morgan fingerprint density at radius 2 is 1.68 bits per heavy atom. The van der Waals surface area contributed by atoms with Gasteiger partial charge < -0.3 is 15.3 Å². The van der Waals surface area contributed by atoms with Gasteiger partial charge in [0.2, 0.25) is 0 Å². The Balaban J connectivity index is 1.66. The van der Waals surface area contributed by atoms with Gasteiger partial charge in [0.1, 0.15) is 5.75 Å². The zero-order chi connectivity index (χ0) is 18.0. The minimum absolute atomic E-state index is 0.0516. The van der Waals surface area contributed by atoms with E-state index in [4.69, 9.17) is 0 Å². The van der Waals surface area contributed by atoms with Crippen LogP contribution in [0.1, 0.15) is 42.6 Å². The number of hydrogen-bond acceptors (Lipinski definition) is 4. The van der Waals surface area contributed by atoms with Crippen LogP contribution in [0.4, 0.5) is 0 Å². The van der Waals surface area contributed by atoms with Gasteiger partial charge in [0, 0.05) is 19.1 Å². The first-order valence-corrected chi connectivity index (χ1v) is 8.90. The highest BCUT2D eigenvalue weighted by atomic mass is 16.3. The van der Waals surface area contributed by atoms with Gasteiger partial charge in [-0.1, -0.05) is 36.4 Å². The maximum atomic E-state index is 10.9. The molecule has 0 amide bonds. The summed E-state index contributed by atoms with van der Waals surface area (Å²) >= 11 is 0. The molecule has 1 aliphatic rings. The summed E-state index contributed by atoms with van der Waals surface area (Å²) in [6, 6.07) is 15.0. The van der Waals surface area contributed by atoms with Gasteiger partial charge in [0.15, 0.2) is 0 Å². The highest BCUT2D eigenvalue weighted by molar-refractivity contribution is 5.36. The van der Waals surface area contributed by atoms with Gasteiger partial charge in [0.25, 0.3) is 0 Å². The Morgan fingerprint density at radius 1 is 1.04 bits per heavy atom. The third kappa shape index (κ3) is 3.71. The number of phenols is 1. The molecular formula is C21H27NO3. The van der Waals surface area contributed by atoms with Crippen LogP contribution in [0, 0.1) is 6.92 Å². The van der Waals surface area contributed by atoms with Crippen molar-refractivity contribution in [3.8, 4) is 5.75 Å². The topological polar surface area (TPSA) is 63.9 Å². The summed E-state index contributed by atoms with van der Waals surface area (Å²) in [4.78, 5) is 2.23. The summed E-state index contributed by atoms with van der Waals surface area (Å²) in [5, 5.41) is 31.3. The van der Waals surface area contributed by atoms with Crippen molar-refractivity contribution in [3.63, 3.8) is 0 Å². The molecule has 2 atom stereocenters. The molecule has 0 bridgehead atoms. The van der Waals surface area contributed by atoms with Crippen molar-refractivity contribution in [1.82, 2.24) is 4.90 Å². The van der Waals surface area contributed by atoms with Crippen LogP contribution in [0.3, 0.4) is 0 Å². The minimum atomic E-state index is -0.780. The monoisotopic (exact) mass is 341 g/mol. The molecule has 0 aliphatic carbocycles. The van der Waals surface area contributed by atoms with Gasteiger partial charge in [-0.05, 0) is 55.5 Å². The molecule has 0 unspecified atom stereocenters. The molecule has 2 aromatic rings. The predicted octanol–water partition coefficient (Wildman–Crippen LogP) is 3.11. The quantitative estimate of drug-likeness (QED) is 0.800. The van der Waals surface area contributed by atoms with Crippen molar-refractivity contribution in [1.29, 1.82) is 0 Å². The number of aromatic hydroxyl groups is 1. The number of aryl methyl sites for hydroxylation is 1. The summed E-state index contributed by atoms with van der Waals surface area (Å²) in [5.74, 6) is 0.245. The first-order valence-electron chi connectivity index (χ1n) is 8.90. The molecule has 1 heterocycles. The van der Waals surface area contributed by atoms with Crippen LogP contribution in [0.5, 0.6) is 5.75 Å². The van der Waals surface area contributed by atoms with Gasteiger partial charge in [-0.25, -0.2) is 0 Å². The molecule has 0 spiro atoms. The molecule has 25 heavy (non-hydrogen) atoms. The van der Waals surface area contributed by atoms with Gasteiger partial charge in [0.05, 0.1) is 11.7 Å². The minimum Gasteiger partial charge on any atom is -0.508 e. The lowest BCUT2D eigenvalue weighted by atomic mass is 9.83. The van der Waals surface area contributed by atoms with E-state index >= 15 is 0 Å². The Bertz CT molecular complexity index is 708. The van der Waals surface area contributed by atoms with Crippen LogP contribution in [0.25, 0.3) is 0 Å². The van der Waals surface area contributed by atoms with Gasteiger partial charge >= 0.3 is 0 Å². The number of aliphatic hydroxyl groups is 2. The fraction of sp³-hybridized carbons (Fsp3) is 0.429. The summed E-state index contributed by atoms with van der Waals surface area (Å²) in [5.41, 5.74) is 1.77. The SMILES string of the molecule is Cc1cc([C@@H](O)[C@@H](C)N2CCC(O)(c3ccccc3)CC2)ccc1O. The standard InChI is InChI=1S/C21H27NO3/c1-15-14-17(8-9-19(15)23)20(24)16(2)22-12-10-21(25,11-13-22)18-6-4-3-5-7-18/h3-9,14,16,20,23-25H,10-13H2,1-2H3/t16-,20+/m1/s1. The third-order valence-electron chi connectivity index (χ3n) is 5.53. The third-order valence-corrected chi connectivity index (χ3v) is 5.53. The van der Waals surface area contributed by atoms with E-state index in [1.165, 1.54) is 0 Å². The van der Waals surface area contributed by atoms with Crippen molar-refractivity contribution in [2.24, 2.45) is 0 Å². The van der Waals surface area contributed by atoms with Crippen LogP contribution in [-0.2, 0) is 5.60 Å². The maximum absolute atomic E-state index is 10.9. The van der Waals surface area contributed by atoms with E-state index < -0.39 is 11.7 Å². The molecular weight excluding hydrogens is 314 g/mol. The lowest BCUT2D eigenvalue weighted by molar-refractivity contribution is -0.0501. The molecule has 0 radical (unpaired) electrons. The number of piperidine rings is 1. The summed E-state index contributed by atoms with van der Waals surface area (Å²) in [6.45, 7) is 5.32. The number of phenolic OH excluding ortho intramolecular Hbond substituents is 1. The fourth-order valence-corrected chi connectivity index (χ4v) is 3.68. The Kier molecular flexibility index (Phi) is 5.13. The summed E-state index contributed by atoms with van der Waals surface area (Å²) in [6.07, 6.45) is 0.688. The van der Waals surface area contributed by atoms with Crippen LogP contribution >= 0.6 is 0 Å². The van der Waals surface area contributed by atoms with Crippen molar-refractivity contribution >= 4 is 0 Å². The summed E-state index contributed by atoms with van der Waals surface area (Å²) < 4.78 is 0. The predicted molar refractivity (Wildman–Crippen MR) is 98.4 cm³/mol. The first kappa shape index (κ1) is 17.9. The molecule has 2 aromatic carbocycles. The second kappa shape index (κ2) is 7.16. The van der Waals surface area contributed by atoms with E-state index in [0.717, 1.165) is 29.8 Å². The molecule has 3 rings (SSSR count). The molecule has 1 saturated heterocycles. The number of benzene rings is 2. The molecule has 0 saturated carbocycles. The molecule has 0 aromatic heterocycles. The average molecular weight is 341 g/mol. The van der Waals surface area contributed by atoms with Crippen molar-refractivity contribution in [2.45, 2.75) is 44.4 Å². The number of likely N-dealkylation sites (tertiary alicyclic amines) is 1. The molecule has 1 fully saturated rings. The van der Waals surface area contributed by atoms with Gasteiger partial charge in [-0.3, -0.25) is 4.90 Å². The second-order valence-electron chi connectivity index (χ2n) is 7.16. The lowest BCUT2D eigenvalue weighted by Crippen LogP contribution is -2.47. The number of rotatable bonds is 4. The van der Waals surface area contributed by atoms with E-state index in [9.17, 15) is 15.3 Å². The van der Waals surface area contributed by atoms with E-state index in [2.05, 4.69) is 4.90 Å². The second-order valence-corrected chi connectivity index (χ2v) is 7.16. The Labute approximate surface area is 149 Å². The first-order chi connectivity index (χ1) is 11.9. The van der Waals surface area contributed by atoms with E-state index in [1.807, 2.05) is 50.2 Å². The highest BCUT2D eigenvalue weighted by Crippen LogP contribution is 2.35. The molecule has 134 valence electrons. The van der Waals surface area contributed by atoms with Crippen LogP contribution in [-0.4, -0.2) is 39.4 Å². The number of aliphatic hydroxyl groups excluding tert-OH is 1. The normalized spacial score (nSPS) is 20.2. The van der Waals surface area contributed by atoms with Crippen molar-refractivity contribution in [2.75, 3.05) is 13.1 Å². The average Bonchev–Trinajstić information content (AvgIpc) is 2.64. The molecule has 3 N–H and O–H groups in total. The van der Waals surface area contributed by atoms with Gasteiger partial charge in [-0.2, -0.15) is 0 Å². The smallest absolute Gasteiger partial charge is 0.118 e. The Hall–Kier alpha value is -1.88. The molecule has 4 nitrogen and oxygen atoms in total. The van der Waals surface area contributed by atoms with E-state index in [-0.39, 0.29) is 11.8 Å². The van der Waals surface area contributed by atoms with Crippen molar-refractivity contribution < 1.29 is 15.3 Å². The lowest BCUT2D eigenvalue weighted by Gasteiger charge is -2.42.